The van der Waals surface area contributed by atoms with E-state index in [1.54, 1.807) is 25.1 Å². The summed E-state index contributed by atoms with van der Waals surface area (Å²) in [5.74, 6) is 0.108. The Bertz CT molecular complexity index is 686. The standard InChI is InChI=1S/C14H13F3N2OS/c1-9-3-2-4-11(19-9)8-21(20)13-6-5-10(7-12(13)18)14(15,16)17/h2-7H,8,18H2,1H3. The van der Waals surface area contributed by atoms with Gasteiger partial charge in [-0.05, 0) is 37.3 Å². The molecule has 0 aliphatic carbocycles. The topological polar surface area (TPSA) is 56.0 Å². The van der Waals surface area contributed by atoms with Crippen molar-refractivity contribution in [3.8, 4) is 0 Å². The molecule has 2 rings (SSSR count). The van der Waals surface area contributed by atoms with Crippen molar-refractivity contribution in [2.75, 3.05) is 5.73 Å². The van der Waals surface area contributed by atoms with Crippen molar-refractivity contribution in [2.24, 2.45) is 0 Å². The van der Waals surface area contributed by atoms with E-state index >= 15 is 0 Å². The fourth-order valence-electron chi connectivity index (χ4n) is 1.82. The number of pyridine rings is 1. The normalized spacial score (nSPS) is 13.1. The number of hydrogen-bond acceptors (Lipinski definition) is 3. The van der Waals surface area contributed by atoms with E-state index in [1.807, 2.05) is 0 Å². The molecule has 0 radical (unpaired) electrons. The predicted octanol–water partition coefficient (Wildman–Crippen LogP) is 3.30. The molecule has 0 spiro atoms. The third-order valence-corrected chi connectivity index (χ3v) is 4.23. The van der Waals surface area contributed by atoms with E-state index in [9.17, 15) is 17.4 Å². The zero-order chi connectivity index (χ0) is 15.6. The van der Waals surface area contributed by atoms with Gasteiger partial charge in [0.2, 0.25) is 0 Å². The average Bonchev–Trinajstić information content (AvgIpc) is 2.37. The van der Waals surface area contributed by atoms with Crippen molar-refractivity contribution in [2.45, 2.75) is 23.7 Å². The number of aryl methyl sites for hydroxylation is 1. The number of hydrogen-bond donors (Lipinski definition) is 1. The number of nitrogen functional groups attached to an aromatic ring is 1. The molecule has 2 N–H and O–H groups in total. The van der Waals surface area contributed by atoms with Crippen LogP contribution in [0, 0.1) is 6.92 Å². The van der Waals surface area contributed by atoms with Crippen LogP contribution in [0.2, 0.25) is 0 Å². The van der Waals surface area contributed by atoms with E-state index in [0.29, 0.717) is 5.69 Å². The van der Waals surface area contributed by atoms with Gasteiger partial charge in [-0.1, -0.05) is 6.07 Å². The summed E-state index contributed by atoms with van der Waals surface area (Å²) in [6.45, 7) is 1.80. The first-order valence-electron chi connectivity index (χ1n) is 6.05. The number of halogens is 3. The van der Waals surface area contributed by atoms with Gasteiger partial charge in [0.1, 0.15) is 0 Å². The lowest BCUT2D eigenvalue weighted by Crippen LogP contribution is -2.08. The highest BCUT2D eigenvalue weighted by Gasteiger charge is 2.31. The van der Waals surface area contributed by atoms with E-state index in [4.69, 9.17) is 5.73 Å². The van der Waals surface area contributed by atoms with Gasteiger partial charge in [-0.15, -0.1) is 0 Å². The third-order valence-electron chi connectivity index (χ3n) is 2.81. The van der Waals surface area contributed by atoms with Gasteiger partial charge in [-0.3, -0.25) is 9.19 Å². The van der Waals surface area contributed by atoms with Crippen LogP contribution >= 0.6 is 0 Å². The van der Waals surface area contributed by atoms with Gasteiger partial charge in [-0.25, -0.2) is 0 Å². The summed E-state index contributed by atoms with van der Waals surface area (Å²) in [5, 5.41) is 0. The number of nitrogens with two attached hydrogens (primary N) is 1. The number of rotatable bonds is 3. The first-order chi connectivity index (χ1) is 9.77. The first kappa shape index (κ1) is 15.5. The molecule has 0 saturated carbocycles. The minimum absolute atomic E-state index is 0.108. The van der Waals surface area contributed by atoms with Gasteiger partial charge in [0.05, 0.1) is 32.7 Å². The Balaban J connectivity index is 2.24. The Hall–Kier alpha value is -1.89. The van der Waals surface area contributed by atoms with Crippen LogP contribution in [0.4, 0.5) is 18.9 Å². The van der Waals surface area contributed by atoms with Crippen LogP contribution < -0.4 is 5.73 Å². The lowest BCUT2D eigenvalue weighted by atomic mass is 10.2. The van der Waals surface area contributed by atoms with E-state index in [2.05, 4.69) is 4.98 Å². The lowest BCUT2D eigenvalue weighted by molar-refractivity contribution is -0.137. The highest BCUT2D eigenvalue weighted by molar-refractivity contribution is 7.84. The second-order valence-electron chi connectivity index (χ2n) is 4.51. The number of anilines is 1. The van der Waals surface area contributed by atoms with Crippen molar-refractivity contribution in [1.29, 1.82) is 0 Å². The lowest BCUT2D eigenvalue weighted by Gasteiger charge is -2.10. The maximum atomic E-state index is 12.6. The van der Waals surface area contributed by atoms with Crippen LogP contribution in [-0.2, 0) is 22.7 Å². The summed E-state index contributed by atoms with van der Waals surface area (Å²) in [6.07, 6.45) is -4.47. The molecule has 1 unspecified atom stereocenters. The maximum Gasteiger partial charge on any atom is 0.416 e. The van der Waals surface area contributed by atoms with Crippen molar-refractivity contribution in [3.05, 3.63) is 53.3 Å². The van der Waals surface area contributed by atoms with E-state index in [1.165, 1.54) is 0 Å². The Kier molecular flexibility index (Phi) is 4.32. The molecule has 0 amide bonds. The SMILES string of the molecule is Cc1cccc(CS(=O)c2ccc(C(F)(F)F)cc2N)n1. The van der Waals surface area contributed by atoms with Gasteiger partial charge in [0, 0.05) is 11.4 Å². The molecule has 0 saturated heterocycles. The number of nitrogens with zero attached hydrogens (tertiary/aromatic N) is 1. The molecular formula is C14H13F3N2OS. The molecular weight excluding hydrogens is 301 g/mol. The average molecular weight is 314 g/mol. The van der Waals surface area contributed by atoms with Gasteiger partial charge in [0.15, 0.2) is 0 Å². The highest BCUT2D eigenvalue weighted by Crippen LogP contribution is 2.32. The summed E-state index contributed by atoms with van der Waals surface area (Å²) in [7, 11) is -1.54. The second kappa shape index (κ2) is 5.85. The Morgan fingerprint density at radius 2 is 1.95 bits per heavy atom. The predicted molar refractivity (Wildman–Crippen MR) is 74.9 cm³/mol. The minimum Gasteiger partial charge on any atom is -0.398 e. The smallest absolute Gasteiger partial charge is 0.398 e. The van der Waals surface area contributed by atoms with Crippen LogP contribution in [0.1, 0.15) is 17.0 Å². The second-order valence-corrected chi connectivity index (χ2v) is 5.93. The van der Waals surface area contributed by atoms with E-state index in [-0.39, 0.29) is 16.3 Å². The minimum atomic E-state index is -4.47. The summed E-state index contributed by atoms with van der Waals surface area (Å²) in [6, 6.07) is 8.14. The summed E-state index contributed by atoms with van der Waals surface area (Å²) < 4.78 is 49.9. The molecule has 0 fully saturated rings. The van der Waals surface area contributed by atoms with Crippen molar-refractivity contribution < 1.29 is 17.4 Å². The van der Waals surface area contributed by atoms with Gasteiger partial charge >= 0.3 is 6.18 Å². The van der Waals surface area contributed by atoms with Gasteiger partial charge < -0.3 is 5.73 Å². The fourth-order valence-corrected chi connectivity index (χ4v) is 2.95. The van der Waals surface area contributed by atoms with Crippen LogP contribution in [0.25, 0.3) is 0 Å². The zero-order valence-corrected chi connectivity index (χ0v) is 12.0. The molecule has 1 aromatic carbocycles. The number of benzene rings is 1. The van der Waals surface area contributed by atoms with Gasteiger partial charge in [0.25, 0.3) is 0 Å². The van der Waals surface area contributed by atoms with Crippen molar-refractivity contribution in [3.63, 3.8) is 0 Å². The summed E-state index contributed by atoms with van der Waals surface area (Å²) in [4.78, 5) is 4.40. The van der Waals surface area contributed by atoms with Crippen LogP contribution in [0.5, 0.6) is 0 Å². The maximum absolute atomic E-state index is 12.6. The largest absolute Gasteiger partial charge is 0.416 e. The van der Waals surface area contributed by atoms with Crippen molar-refractivity contribution >= 4 is 16.5 Å². The fraction of sp³-hybridized carbons (Fsp3) is 0.214. The summed E-state index contributed by atoms with van der Waals surface area (Å²) in [5.41, 5.74) is 5.99. The quantitative estimate of drug-likeness (QED) is 0.884. The van der Waals surface area contributed by atoms with Gasteiger partial charge in [-0.2, -0.15) is 13.2 Å². The number of alkyl halides is 3. The molecule has 1 aromatic heterocycles. The van der Waals surface area contributed by atoms with Crippen LogP contribution in [-0.4, -0.2) is 9.19 Å². The molecule has 7 heteroatoms. The molecule has 1 heterocycles. The Morgan fingerprint density at radius 1 is 1.24 bits per heavy atom. The zero-order valence-electron chi connectivity index (χ0n) is 11.1. The molecule has 0 aliphatic rings. The molecule has 3 nitrogen and oxygen atoms in total. The molecule has 21 heavy (non-hydrogen) atoms. The van der Waals surface area contributed by atoms with Crippen LogP contribution in [0.15, 0.2) is 41.3 Å². The molecule has 1 atom stereocenters. The van der Waals surface area contributed by atoms with E-state index in [0.717, 1.165) is 23.9 Å². The van der Waals surface area contributed by atoms with E-state index < -0.39 is 22.5 Å². The number of aromatic nitrogens is 1. The van der Waals surface area contributed by atoms with Crippen molar-refractivity contribution in [1.82, 2.24) is 4.98 Å². The summed E-state index contributed by atoms with van der Waals surface area (Å²) >= 11 is 0. The molecule has 112 valence electrons. The molecule has 2 aromatic rings. The molecule has 0 aliphatic heterocycles. The van der Waals surface area contributed by atoms with Crippen LogP contribution in [0.3, 0.4) is 0 Å². The first-order valence-corrected chi connectivity index (χ1v) is 7.37. The highest BCUT2D eigenvalue weighted by atomic mass is 32.2. The molecule has 0 bridgehead atoms. The Labute approximate surface area is 122 Å². The Morgan fingerprint density at radius 3 is 2.52 bits per heavy atom. The monoisotopic (exact) mass is 314 g/mol. The third kappa shape index (κ3) is 3.81.